The summed E-state index contributed by atoms with van der Waals surface area (Å²) in [6.07, 6.45) is 3.22. The summed E-state index contributed by atoms with van der Waals surface area (Å²) in [5, 5.41) is 7.11. The molecule has 10 heteroatoms. The first-order valence-corrected chi connectivity index (χ1v) is 10.9. The molecule has 4 rings (SSSR count). The van der Waals surface area contributed by atoms with Gasteiger partial charge in [-0.3, -0.25) is 19.2 Å². The molecule has 0 fully saturated rings. The number of nitrogens with one attached hydrogen (secondary N) is 2. The zero-order valence-electron chi connectivity index (χ0n) is 19.2. The Morgan fingerprint density at radius 3 is 2.47 bits per heavy atom. The van der Waals surface area contributed by atoms with Gasteiger partial charge in [-0.05, 0) is 48.0 Å². The summed E-state index contributed by atoms with van der Waals surface area (Å²) in [5.74, 6) is -2.61. The highest BCUT2D eigenvalue weighted by Crippen LogP contribution is 2.20. The second-order valence-electron chi connectivity index (χ2n) is 7.74. The van der Waals surface area contributed by atoms with Crippen LogP contribution >= 0.6 is 0 Å². The lowest BCUT2D eigenvalue weighted by atomic mass is 10.0. The van der Waals surface area contributed by atoms with E-state index in [1.165, 1.54) is 36.2 Å². The Balaban J connectivity index is 1.61. The van der Waals surface area contributed by atoms with E-state index in [4.69, 9.17) is 0 Å². The van der Waals surface area contributed by atoms with Gasteiger partial charge in [0.05, 0.1) is 18.4 Å². The van der Waals surface area contributed by atoms with Gasteiger partial charge in [-0.15, -0.1) is 0 Å². The summed E-state index contributed by atoms with van der Waals surface area (Å²) in [7, 11) is 1.21. The summed E-state index contributed by atoms with van der Waals surface area (Å²) in [6.45, 7) is 0. The fourth-order valence-corrected chi connectivity index (χ4v) is 3.57. The number of nitrogens with zero attached hydrogens (tertiary/aromatic N) is 3. The maximum absolute atomic E-state index is 13.3. The molecule has 0 bridgehead atoms. The maximum atomic E-state index is 13.3. The first-order valence-electron chi connectivity index (χ1n) is 10.9. The van der Waals surface area contributed by atoms with E-state index in [-0.39, 0.29) is 23.6 Å². The van der Waals surface area contributed by atoms with Crippen LogP contribution in [0.2, 0.25) is 0 Å². The summed E-state index contributed by atoms with van der Waals surface area (Å²) in [4.78, 5) is 47.1. The average Bonchev–Trinajstić information content (AvgIpc) is 3.39. The van der Waals surface area contributed by atoms with E-state index in [1.807, 2.05) is 11.5 Å². The molecule has 182 valence electrons. The zero-order valence-corrected chi connectivity index (χ0v) is 19.2. The number of pyridine rings is 1. The lowest BCUT2D eigenvalue weighted by molar-refractivity contribution is -0.145. The first kappa shape index (κ1) is 24.4. The molecule has 0 aliphatic heterocycles. The number of carbonyl (C=O) groups is 3. The van der Waals surface area contributed by atoms with E-state index in [9.17, 15) is 18.8 Å². The van der Waals surface area contributed by atoms with Crippen LogP contribution in [0.5, 0.6) is 0 Å². The molecule has 0 aliphatic rings. The van der Waals surface area contributed by atoms with Crippen LogP contribution < -0.4 is 10.8 Å². The Labute approximate surface area is 205 Å². The number of halogens is 1. The molecule has 36 heavy (non-hydrogen) atoms. The van der Waals surface area contributed by atoms with Gasteiger partial charge in [0.15, 0.2) is 5.82 Å². The largest absolute Gasteiger partial charge is 0.341 e. The van der Waals surface area contributed by atoms with Gasteiger partial charge >= 0.3 is 5.91 Å². The lowest BCUT2D eigenvalue weighted by Gasteiger charge is -2.18. The van der Waals surface area contributed by atoms with Gasteiger partial charge in [0.2, 0.25) is 5.78 Å². The Kier molecular flexibility index (Phi) is 7.57. The number of hydrogen-bond acceptors (Lipinski definition) is 6. The minimum Gasteiger partial charge on any atom is -0.341 e. The highest BCUT2D eigenvalue weighted by molar-refractivity contribution is 6.38. The van der Waals surface area contributed by atoms with Gasteiger partial charge in [-0.1, -0.05) is 30.3 Å². The number of aromatic nitrogens is 3. The SMILES string of the molecule is CONC(=O)C(=O)[C@H](Cc1ccccc1)NC(=O)c1cccnc1-n1ccc(-c2ccc(F)cc2)n1. The molecule has 1 atom stereocenters. The standard InChI is InChI=1S/C26H22FN5O4/c1-36-31-26(35)23(33)22(16-17-6-3-2-4-7-17)29-25(34)20-8-5-14-28-24(20)32-15-13-21(30-32)18-9-11-19(27)12-10-18/h2-15,22H,16H2,1H3,(H,29,34)(H,31,35)/t22-/m0/s1. The van der Waals surface area contributed by atoms with E-state index >= 15 is 0 Å². The highest BCUT2D eigenvalue weighted by Gasteiger charge is 2.29. The molecular formula is C26H22FN5O4. The molecule has 0 saturated heterocycles. The molecule has 0 spiro atoms. The van der Waals surface area contributed by atoms with Crippen molar-refractivity contribution in [2.24, 2.45) is 0 Å². The van der Waals surface area contributed by atoms with Crippen molar-refractivity contribution in [1.82, 2.24) is 25.6 Å². The van der Waals surface area contributed by atoms with Crippen molar-refractivity contribution in [3.05, 3.63) is 102 Å². The van der Waals surface area contributed by atoms with Gasteiger partial charge in [-0.25, -0.2) is 19.5 Å². The van der Waals surface area contributed by atoms with Crippen molar-refractivity contribution in [1.29, 1.82) is 0 Å². The summed E-state index contributed by atoms with van der Waals surface area (Å²) in [5.41, 5.74) is 4.14. The molecule has 0 aliphatic carbocycles. The molecule has 2 heterocycles. The average molecular weight is 487 g/mol. The second-order valence-corrected chi connectivity index (χ2v) is 7.74. The zero-order chi connectivity index (χ0) is 25.5. The maximum Gasteiger partial charge on any atom is 0.313 e. The van der Waals surface area contributed by atoms with Crippen LogP contribution in [0.4, 0.5) is 4.39 Å². The van der Waals surface area contributed by atoms with Crippen LogP contribution in [-0.4, -0.2) is 45.5 Å². The number of hydrogen-bond donors (Lipinski definition) is 2. The summed E-state index contributed by atoms with van der Waals surface area (Å²) < 4.78 is 14.7. The van der Waals surface area contributed by atoms with Crippen LogP contribution in [0, 0.1) is 5.82 Å². The number of ketones is 1. The highest BCUT2D eigenvalue weighted by atomic mass is 19.1. The molecule has 2 aromatic carbocycles. The van der Waals surface area contributed by atoms with Crippen LogP contribution in [0.25, 0.3) is 17.1 Å². The monoisotopic (exact) mass is 487 g/mol. The fraction of sp³-hybridized carbons (Fsp3) is 0.115. The first-order chi connectivity index (χ1) is 17.5. The minimum atomic E-state index is -1.16. The van der Waals surface area contributed by atoms with Crippen LogP contribution in [0.3, 0.4) is 0 Å². The molecule has 4 aromatic rings. The van der Waals surface area contributed by atoms with Gasteiger partial charge in [0, 0.05) is 24.4 Å². The fourth-order valence-electron chi connectivity index (χ4n) is 3.57. The smallest absolute Gasteiger partial charge is 0.313 e. The number of carbonyl (C=O) groups excluding carboxylic acids is 3. The van der Waals surface area contributed by atoms with E-state index in [0.29, 0.717) is 11.3 Å². The number of hydroxylamine groups is 1. The molecule has 0 unspecified atom stereocenters. The third-order valence-corrected chi connectivity index (χ3v) is 5.30. The third kappa shape index (κ3) is 5.68. The normalized spacial score (nSPS) is 11.5. The molecule has 2 N–H and O–H groups in total. The molecular weight excluding hydrogens is 465 g/mol. The van der Waals surface area contributed by atoms with Crippen molar-refractivity contribution in [3.8, 4) is 17.1 Å². The Bertz CT molecular complexity index is 1370. The van der Waals surface area contributed by atoms with E-state index < -0.39 is 23.6 Å². The second kappa shape index (κ2) is 11.2. The van der Waals surface area contributed by atoms with Gasteiger partial charge in [0.1, 0.15) is 11.9 Å². The van der Waals surface area contributed by atoms with Crippen LogP contribution in [0.1, 0.15) is 15.9 Å². The predicted octanol–water partition coefficient (Wildman–Crippen LogP) is 2.66. The minimum absolute atomic E-state index is 0.0919. The van der Waals surface area contributed by atoms with Gasteiger partial charge < -0.3 is 5.32 Å². The van der Waals surface area contributed by atoms with E-state index in [2.05, 4.69) is 20.2 Å². The lowest BCUT2D eigenvalue weighted by Crippen LogP contribution is -2.48. The molecule has 9 nitrogen and oxygen atoms in total. The molecule has 0 radical (unpaired) electrons. The number of rotatable bonds is 9. The third-order valence-electron chi connectivity index (χ3n) is 5.30. The Morgan fingerprint density at radius 1 is 1.00 bits per heavy atom. The van der Waals surface area contributed by atoms with E-state index in [0.717, 1.165) is 5.56 Å². The summed E-state index contributed by atoms with van der Waals surface area (Å²) in [6, 6.07) is 18.5. The van der Waals surface area contributed by atoms with Crippen LogP contribution in [-0.2, 0) is 20.8 Å². The number of amides is 2. The van der Waals surface area contributed by atoms with Crippen LogP contribution in [0.15, 0.2) is 85.2 Å². The Morgan fingerprint density at radius 2 is 1.75 bits per heavy atom. The van der Waals surface area contributed by atoms with Gasteiger partial charge in [0.25, 0.3) is 5.91 Å². The predicted molar refractivity (Wildman–Crippen MR) is 128 cm³/mol. The number of Topliss-reactive ketones (excluding diaryl/α,β-unsaturated/α-hetero) is 1. The quantitative estimate of drug-likeness (QED) is 0.277. The van der Waals surface area contributed by atoms with Crippen molar-refractivity contribution in [3.63, 3.8) is 0 Å². The van der Waals surface area contributed by atoms with Gasteiger partial charge in [-0.2, -0.15) is 5.10 Å². The number of benzene rings is 2. The Hall–Kier alpha value is -4.70. The van der Waals surface area contributed by atoms with Crippen molar-refractivity contribution in [2.45, 2.75) is 12.5 Å². The molecule has 2 amide bonds. The van der Waals surface area contributed by atoms with Crippen molar-refractivity contribution in [2.75, 3.05) is 7.11 Å². The van der Waals surface area contributed by atoms with Crippen molar-refractivity contribution < 1.29 is 23.6 Å². The molecule has 2 aromatic heterocycles. The summed E-state index contributed by atoms with van der Waals surface area (Å²) >= 11 is 0. The van der Waals surface area contributed by atoms with E-state index in [1.54, 1.807) is 54.7 Å². The van der Waals surface area contributed by atoms with Crippen molar-refractivity contribution >= 4 is 17.6 Å². The molecule has 0 saturated carbocycles. The topological polar surface area (TPSA) is 115 Å².